The molecule has 3 N–H and O–H groups in total. The summed E-state index contributed by atoms with van der Waals surface area (Å²) in [5.41, 5.74) is 10.6. The largest absolute Gasteiger partial charge is 0.486 e. The van der Waals surface area contributed by atoms with Gasteiger partial charge in [-0.25, -0.2) is 0 Å². The van der Waals surface area contributed by atoms with Crippen LogP contribution < -0.4 is 5.73 Å². The van der Waals surface area contributed by atoms with Crippen LogP contribution in [0.5, 0.6) is 0 Å². The molecule has 0 fully saturated rings. The minimum Gasteiger partial charge on any atom is -0.486 e. The van der Waals surface area contributed by atoms with E-state index in [-0.39, 0.29) is 24.6 Å². The second kappa shape index (κ2) is 4.31. The maximum atomic E-state index is 6.09. The summed E-state index contributed by atoms with van der Waals surface area (Å²) < 4.78 is 0. The molecule has 0 aromatic heterocycles. The van der Waals surface area contributed by atoms with Gasteiger partial charge in [0.2, 0.25) is 0 Å². The van der Waals surface area contributed by atoms with Crippen LogP contribution in [0.2, 0.25) is 0 Å². The van der Waals surface area contributed by atoms with Crippen molar-refractivity contribution < 1.29 is 19.5 Å². The Balaban J connectivity index is 0. The second-order valence-electron chi connectivity index (χ2n) is 0.364. The Morgan fingerprint density at radius 2 is 1.80 bits per heavy atom. The summed E-state index contributed by atoms with van der Waals surface area (Å²) in [7, 11) is 0. The van der Waals surface area contributed by atoms with Crippen LogP contribution in [0.15, 0.2) is 0 Å². The van der Waals surface area contributed by atoms with Crippen LogP contribution in [0.4, 0.5) is 0 Å². The first kappa shape index (κ1) is 9.00. The zero-order valence-electron chi connectivity index (χ0n) is 2.32. The fraction of sp³-hybridized carbons (Fsp3) is 0. The van der Waals surface area contributed by atoms with E-state index in [1.54, 1.807) is 0 Å². The van der Waals surface area contributed by atoms with Gasteiger partial charge in [-0.1, -0.05) is 12.2 Å². The standard InChI is InChI=1S/CH4N2S.Rh/c2-1(3)4;/h(H4,2,3,4);/p-1. The van der Waals surface area contributed by atoms with E-state index in [4.69, 9.17) is 5.73 Å². The van der Waals surface area contributed by atoms with E-state index in [0.717, 1.165) is 0 Å². The summed E-state index contributed by atoms with van der Waals surface area (Å²) in [6, 6.07) is 0. The predicted octanol–water partition coefficient (Wildman–Crippen LogP) is 0.280. The molecule has 0 spiro atoms. The van der Waals surface area contributed by atoms with E-state index in [0.29, 0.717) is 0 Å². The number of thiocarbonyl (C=S) groups is 1. The average molecular weight is 178 g/mol. The zero-order valence-corrected chi connectivity index (χ0v) is 4.77. The second-order valence-corrected chi connectivity index (χ2v) is 0.804. The van der Waals surface area contributed by atoms with Crippen molar-refractivity contribution in [3.63, 3.8) is 0 Å². The topological polar surface area (TPSA) is 49.8 Å². The normalized spacial score (nSPS) is 4.80. The smallest absolute Gasteiger partial charge is 0 e. The molecule has 0 saturated carbocycles. The Morgan fingerprint density at radius 1 is 1.80 bits per heavy atom. The van der Waals surface area contributed by atoms with Gasteiger partial charge in [-0.2, -0.15) is 0 Å². The van der Waals surface area contributed by atoms with Gasteiger partial charge in [0.05, 0.1) is 0 Å². The molecule has 0 aromatic carbocycles. The van der Waals surface area contributed by atoms with Gasteiger partial charge in [-0.15, -0.1) is 0 Å². The summed E-state index contributed by atoms with van der Waals surface area (Å²) in [4.78, 5) is 0. The predicted molar refractivity (Wildman–Crippen MR) is 21.1 cm³/mol. The van der Waals surface area contributed by atoms with Gasteiger partial charge in [0.1, 0.15) is 0 Å². The Morgan fingerprint density at radius 3 is 1.80 bits per heavy atom. The van der Waals surface area contributed by atoms with Crippen molar-refractivity contribution in [2.75, 3.05) is 0 Å². The molecule has 2 nitrogen and oxygen atoms in total. The molecule has 0 heterocycles. The first-order chi connectivity index (χ1) is 1.73. The van der Waals surface area contributed by atoms with E-state index in [1.165, 1.54) is 0 Å². The van der Waals surface area contributed by atoms with Gasteiger partial charge in [0.25, 0.3) is 0 Å². The van der Waals surface area contributed by atoms with Crippen LogP contribution in [0.1, 0.15) is 0 Å². The van der Waals surface area contributed by atoms with Gasteiger partial charge >= 0.3 is 0 Å². The van der Waals surface area contributed by atoms with Gasteiger partial charge < -0.3 is 11.5 Å². The average Bonchev–Trinajstić information content (AvgIpc) is 0.811. The van der Waals surface area contributed by atoms with Gasteiger partial charge in [-0.05, 0) is 5.11 Å². The Bertz CT molecular complexity index is 32.6. The number of nitrogens with one attached hydrogen (secondary N) is 1. The van der Waals surface area contributed by atoms with Crippen molar-refractivity contribution in [1.82, 2.24) is 0 Å². The van der Waals surface area contributed by atoms with E-state index < -0.39 is 0 Å². The zero-order chi connectivity index (χ0) is 3.58. The third-order valence-electron chi connectivity index (χ3n) is 0. The summed E-state index contributed by atoms with van der Waals surface area (Å²) in [6.07, 6.45) is 0. The molecule has 1 radical (unpaired) electrons. The quantitative estimate of drug-likeness (QED) is 0.427. The van der Waals surface area contributed by atoms with Crippen molar-refractivity contribution in [3.8, 4) is 0 Å². The van der Waals surface area contributed by atoms with Gasteiger partial charge in [0.15, 0.2) is 0 Å². The Kier molecular flexibility index (Phi) is 7.77. The van der Waals surface area contributed by atoms with Crippen LogP contribution >= 0.6 is 12.2 Å². The molecule has 4 heteroatoms. The van der Waals surface area contributed by atoms with Crippen LogP contribution in [0.25, 0.3) is 5.73 Å². The minimum absolute atomic E-state index is 0. The Hall–Kier alpha value is 0.313. The summed E-state index contributed by atoms with van der Waals surface area (Å²) in [5, 5.41) is -0.250. The molecular weight excluding hydrogens is 175 g/mol. The van der Waals surface area contributed by atoms with Crippen molar-refractivity contribution >= 4 is 17.3 Å². The van der Waals surface area contributed by atoms with Crippen LogP contribution in [-0.2, 0) is 19.5 Å². The summed E-state index contributed by atoms with van der Waals surface area (Å²) in [5.74, 6) is 0. The summed E-state index contributed by atoms with van der Waals surface area (Å²) in [6.45, 7) is 0. The Labute approximate surface area is 48.7 Å². The van der Waals surface area contributed by atoms with Crippen molar-refractivity contribution in [2.24, 2.45) is 5.73 Å². The molecule has 0 aromatic rings. The SMILES string of the molecule is [NH-]C(N)=S.[Rh]. The maximum absolute atomic E-state index is 6.09. The number of hydrogen-bond donors (Lipinski definition) is 1. The molecule has 0 bridgehead atoms. The van der Waals surface area contributed by atoms with Gasteiger partial charge in [0, 0.05) is 19.5 Å². The first-order valence-corrected chi connectivity index (χ1v) is 1.15. The van der Waals surface area contributed by atoms with Gasteiger partial charge in [-0.3, -0.25) is 0 Å². The summed E-state index contributed by atoms with van der Waals surface area (Å²) >= 11 is 3.98. The molecule has 5 heavy (non-hydrogen) atoms. The van der Waals surface area contributed by atoms with Crippen molar-refractivity contribution in [2.45, 2.75) is 0 Å². The van der Waals surface area contributed by atoms with E-state index in [1.807, 2.05) is 0 Å². The first-order valence-electron chi connectivity index (χ1n) is 0.743. The fourth-order valence-electron chi connectivity index (χ4n) is 0. The van der Waals surface area contributed by atoms with E-state index in [2.05, 4.69) is 18.0 Å². The molecule has 0 aliphatic heterocycles. The minimum atomic E-state index is -0.250. The van der Waals surface area contributed by atoms with Crippen LogP contribution in [-0.4, -0.2) is 5.11 Å². The molecule has 0 amide bonds. The third-order valence-corrected chi connectivity index (χ3v) is 0. The van der Waals surface area contributed by atoms with Crippen LogP contribution in [0.3, 0.4) is 0 Å². The molecule has 0 aliphatic rings. The molecule has 0 unspecified atom stereocenters. The molecule has 33 valence electrons. The van der Waals surface area contributed by atoms with Crippen molar-refractivity contribution in [3.05, 3.63) is 5.73 Å². The molecule has 0 saturated heterocycles. The molecule has 0 atom stereocenters. The maximum Gasteiger partial charge on any atom is 0 e. The molecule has 0 aliphatic carbocycles. The number of nitrogens with two attached hydrogens (primary N) is 1. The fourth-order valence-corrected chi connectivity index (χ4v) is 0. The van der Waals surface area contributed by atoms with E-state index in [9.17, 15) is 0 Å². The molecule has 0 rings (SSSR count). The molecular formula is CH3N2RhS-. The van der Waals surface area contributed by atoms with Crippen molar-refractivity contribution in [1.29, 1.82) is 0 Å². The third kappa shape index (κ3) is 235. The number of hydrogen-bond acceptors (Lipinski definition) is 1. The monoisotopic (exact) mass is 178 g/mol. The number of rotatable bonds is 0. The van der Waals surface area contributed by atoms with E-state index >= 15 is 0 Å². The van der Waals surface area contributed by atoms with Crippen LogP contribution in [0, 0.1) is 0 Å².